The second-order valence-electron chi connectivity index (χ2n) is 3.45. The van der Waals surface area contributed by atoms with Crippen molar-refractivity contribution in [2.75, 3.05) is 5.32 Å². The number of benzene rings is 1. The van der Waals surface area contributed by atoms with Crippen molar-refractivity contribution in [1.82, 2.24) is 0 Å². The Hall–Kier alpha value is -1.68. The quantitative estimate of drug-likeness (QED) is 0.848. The van der Waals surface area contributed by atoms with Gasteiger partial charge in [0, 0.05) is 5.38 Å². The molecule has 0 fully saturated rings. The van der Waals surface area contributed by atoms with Crippen molar-refractivity contribution in [1.29, 1.82) is 0 Å². The van der Waals surface area contributed by atoms with E-state index in [-0.39, 0.29) is 5.56 Å². The Labute approximate surface area is 96.7 Å². The average Bonchev–Trinajstić information content (AvgIpc) is 2.70. The number of aryl methyl sites for hydroxylation is 1. The van der Waals surface area contributed by atoms with Gasteiger partial charge in [0.25, 0.3) is 5.91 Å². The Bertz CT molecular complexity index is 508. The molecule has 2 rings (SSSR count). The van der Waals surface area contributed by atoms with E-state index in [9.17, 15) is 9.18 Å². The number of hydrogen-bond acceptors (Lipinski definition) is 2. The summed E-state index contributed by atoms with van der Waals surface area (Å²) in [4.78, 5) is 11.7. The van der Waals surface area contributed by atoms with Crippen LogP contribution in [0.15, 0.2) is 35.0 Å². The minimum absolute atomic E-state index is 0.0665. The SMILES string of the molecule is Cc1ccc(C(=O)Nc2ccsc2)c(F)c1. The number of carbonyl (C=O) groups is 1. The molecular formula is C12H10FNOS. The van der Waals surface area contributed by atoms with Gasteiger partial charge in [-0.25, -0.2) is 4.39 Å². The molecule has 0 unspecified atom stereocenters. The summed E-state index contributed by atoms with van der Waals surface area (Å²) in [5, 5.41) is 6.27. The number of nitrogens with one attached hydrogen (secondary N) is 1. The van der Waals surface area contributed by atoms with Crippen molar-refractivity contribution >= 4 is 22.9 Å². The van der Waals surface area contributed by atoms with Gasteiger partial charge in [-0.05, 0) is 36.1 Å². The molecule has 0 saturated heterocycles. The first-order valence-electron chi connectivity index (χ1n) is 4.76. The molecule has 0 aliphatic heterocycles. The molecule has 1 amide bonds. The fourth-order valence-corrected chi connectivity index (χ4v) is 1.93. The third-order valence-electron chi connectivity index (χ3n) is 2.15. The molecule has 0 spiro atoms. The maximum atomic E-state index is 13.5. The maximum absolute atomic E-state index is 13.5. The summed E-state index contributed by atoms with van der Waals surface area (Å²) in [6.07, 6.45) is 0. The Kier molecular flexibility index (Phi) is 3.01. The van der Waals surface area contributed by atoms with E-state index in [4.69, 9.17) is 0 Å². The first-order chi connectivity index (χ1) is 7.66. The highest BCUT2D eigenvalue weighted by Crippen LogP contribution is 2.15. The van der Waals surface area contributed by atoms with Crippen molar-refractivity contribution in [2.24, 2.45) is 0 Å². The molecular weight excluding hydrogens is 225 g/mol. The van der Waals surface area contributed by atoms with E-state index in [1.807, 2.05) is 5.38 Å². The fraction of sp³-hybridized carbons (Fsp3) is 0.0833. The van der Waals surface area contributed by atoms with E-state index < -0.39 is 11.7 Å². The van der Waals surface area contributed by atoms with Crippen LogP contribution in [0.25, 0.3) is 0 Å². The minimum atomic E-state index is -0.493. The highest BCUT2D eigenvalue weighted by atomic mass is 32.1. The van der Waals surface area contributed by atoms with Gasteiger partial charge >= 0.3 is 0 Å². The zero-order valence-corrected chi connectivity index (χ0v) is 9.48. The van der Waals surface area contributed by atoms with Crippen molar-refractivity contribution in [3.8, 4) is 0 Å². The van der Waals surface area contributed by atoms with E-state index in [0.717, 1.165) is 5.56 Å². The third kappa shape index (κ3) is 2.28. The second kappa shape index (κ2) is 4.45. The number of hydrogen-bond donors (Lipinski definition) is 1. The van der Waals surface area contributed by atoms with Crippen LogP contribution in [0.2, 0.25) is 0 Å². The largest absolute Gasteiger partial charge is 0.321 e. The number of rotatable bonds is 2. The van der Waals surface area contributed by atoms with Gasteiger partial charge in [-0.15, -0.1) is 0 Å². The third-order valence-corrected chi connectivity index (χ3v) is 2.83. The van der Waals surface area contributed by atoms with E-state index in [2.05, 4.69) is 5.32 Å². The van der Waals surface area contributed by atoms with Crippen LogP contribution in [0.1, 0.15) is 15.9 Å². The zero-order chi connectivity index (χ0) is 11.5. The lowest BCUT2D eigenvalue weighted by Gasteiger charge is -2.04. The topological polar surface area (TPSA) is 29.1 Å². The summed E-state index contributed by atoms with van der Waals surface area (Å²) < 4.78 is 13.5. The summed E-state index contributed by atoms with van der Waals surface area (Å²) in [6, 6.07) is 6.33. The summed E-state index contributed by atoms with van der Waals surface area (Å²) in [7, 11) is 0. The van der Waals surface area contributed by atoms with Gasteiger partial charge in [-0.3, -0.25) is 4.79 Å². The van der Waals surface area contributed by atoms with Crippen LogP contribution in [0.4, 0.5) is 10.1 Å². The van der Waals surface area contributed by atoms with Crippen LogP contribution < -0.4 is 5.32 Å². The average molecular weight is 235 g/mol. The Morgan fingerprint density at radius 2 is 2.19 bits per heavy atom. The van der Waals surface area contributed by atoms with E-state index in [1.54, 1.807) is 24.4 Å². The van der Waals surface area contributed by atoms with Crippen LogP contribution >= 0.6 is 11.3 Å². The van der Waals surface area contributed by atoms with Crippen LogP contribution in [-0.4, -0.2) is 5.91 Å². The molecule has 1 heterocycles. The first-order valence-corrected chi connectivity index (χ1v) is 5.71. The minimum Gasteiger partial charge on any atom is -0.321 e. The van der Waals surface area contributed by atoms with Crippen molar-refractivity contribution in [3.05, 3.63) is 52.0 Å². The summed E-state index contributed by atoms with van der Waals surface area (Å²) in [5.41, 5.74) is 1.55. The molecule has 0 atom stereocenters. The Balaban J connectivity index is 2.21. The second-order valence-corrected chi connectivity index (χ2v) is 4.23. The molecule has 1 N–H and O–H groups in total. The maximum Gasteiger partial charge on any atom is 0.258 e. The van der Waals surface area contributed by atoms with Gasteiger partial charge in [0.2, 0.25) is 0 Å². The van der Waals surface area contributed by atoms with Crippen molar-refractivity contribution in [2.45, 2.75) is 6.92 Å². The molecule has 82 valence electrons. The highest BCUT2D eigenvalue weighted by molar-refractivity contribution is 7.08. The molecule has 1 aromatic carbocycles. The Morgan fingerprint density at radius 3 is 2.81 bits per heavy atom. The lowest BCUT2D eigenvalue weighted by molar-refractivity contribution is 0.102. The van der Waals surface area contributed by atoms with Crippen LogP contribution in [0.5, 0.6) is 0 Å². The molecule has 2 aromatic rings. The molecule has 0 radical (unpaired) electrons. The molecule has 4 heteroatoms. The monoisotopic (exact) mass is 235 g/mol. The van der Waals surface area contributed by atoms with E-state index in [1.165, 1.54) is 23.5 Å². The first kappa shape index (κ1) is 10.8. The van der Waals surface area contributed by atoms with Gasteiger partial charge in [0.05, 0.1) is 11.3 Å². The van der Waals surface area contributed by atoms with Crippen LogP contribution in [0, 0.1) is 12.7 Å². The predicted octanol–water partition coefficient (Wildman–Crippen LogP) is 3.45. The number of anilines is 1. The Morgan fingerprint density at radius 1 is 1.38 bits per heavy atom. The summed E-state index contributed by atoms with van der Waals surface area (Å²) in [5.74, 6) is -0.913. The van der Waals surface area contributed by atoms with Crippen LogP contribution in [0.3, 0.4) is 0 Å². The number of halogens is 1. The zero-order valence-electron chi connectivity index (χ0n) is 8.66. The molecule has 0 saturated carbocycles. The smallest absolute Gasteiger partial charge is 0.258 e. The number of carbonyl (C=O) groups excluding carboxylic acids is 1. The lowest BCUT2D eigenvalue weighted by atomic mass is 10.1. The number of amides is 1. The van der Waals surface area contributed by atoms with Crippen molar-refractivity contribution < 1.29 is 9.18 Å². The van der Waals surface area contributed by atoms with Gasteiger partial charge in [-0.1, -0.05) is 6.07 Å². The molecule has 2 nitrogen and oxygen atoms in total. The molecule has 16 heavy (non-hydrogen) atoms. The molecule has 1 aromatic heterocycles. The molecule has 0 aliphatic carbocycles. The van der Waals surface area contributed by atoms with Gasteiger partial charge < -0.3 is 5.32 Å². The standard InChI is InChI=1S/C12H10FNOS/c1-8-2-3-10(11(13)6-8)12(15)14-9-4-5-16-7-9/h2-7H,1H3,(H,14,15). The van der Waals surface area contributed by atoms with Crippen LogP contribution in [-0.2, 0) is 0 Å². The molecule has 0 bridgehead atoms. The van der Waals surface area contributed by atoms with Gasteiger partial charge in [0.1, 0.15) is 5.82 Å². The number of thiophene rings is 1. The predicted molar refractivity (Wildman–Crippen MR) is 63.4 cm³/mol. The normalized spacial score (nSPS) is 10.1. The fourth-order valence-electron chi connectivity index (χ4n) is 1.34. The van der Waals surface area contributed by atoms with Crippen molar-refractivity contribution in [3.63, 3.8) is 0 Å². The van der Waals surface area contributed by atoms with E-state index >= 15 is 0 Å². The van der Waals surface area contributed by atoms with Gasteiger partial charge in [-0.2, -0.15) is 11.3 Å². The lowest BCUT2D eigenvalue weighted by Crippen LogP contribution is -2.13. The van der Waals surface area contributed by atoms with E-state index in [0.29, 0.717) is 5.69 Å². The molecule has 0 aliphatic rings. The highest BCUT2D eigenvalue weighted by Gasteiger charge is 2.11. The summed E-state index contributed by atoms with van der Waals surface area (Å²) in [6.45, 7) is 1.78. The van der Waals surface area contributed by atoms with Gasteiger partial charge in [0.15, 0.2) is 0 Å². The summed E-state index contributed by atoms with van der Waals surface area (Å²) >= 11 is 1.47.